The van der Waals surface area contributed by atoms with E-state index in [1.165, 1.54) is 16.2 Å². The Kier molecular flexibility index (Phi) is 17.4. The number of amides is 5. The summed E-state index contributed by atoms with van der Waals surface area (Å²) in [7, 11) is 0. The summed E-state index contributed by atoms with van der Waals surface area (Å²) in [6.45, 7) is 9.22. The molecule has 3 aromatic heterocycles. The molecular weight excluding hydrogens is 1080 g/mol. The van der Waals surface area contributed by atoms with Gasteiger partial charge in [0.15, 0.2) is 5.67 Å². The molecule has 0 bridgehead atoms. The molecule has 17 nitrogen and oxygen atoms in total. The summed E-state index contributed by atoms with van der Waals surface area (Å²) in [5.74, 6) is -0.774. The largest absolute Gasteiger partial charge is 0.493 e. The maximum atomic E-state index is 14.7. The number of nitrogens with one attached hydrogen (secondary N) is 3. The molecule has 2 unspecified atom stereocenters. The molecule has 20 heteroatoms. The number of piperidine rings is 1. The van der Waals surface area contributed by atoms with Crippen molar-refractivity contribution < 1.29 is 38.2 Å². The quantitative estimate of drug-likeness (QED) is 0.0526. The molecule has 4 N–H and O–H groups in total. The Morgan fingerprint density at radius 3 is 2.35 bits per heavy atom. The molecule has 0 radical (unpaired) electrons. The average molecular weight is 1150 g/mol. The van der Waals surface area contributed by atoms with E-state index >= 15 is 0 Å². The summed E-state index contributed by atoms with van der Waals surface area (Å²) in [6, 6.07) is 23.7. The van der Waals surface area contributed by atoms with E-state index in [0.717, 1.165) is 64.1 Å². The van der Waals surface area contributed by atoms with Crippen LogP contribution in [-0.2, 0) is 30.5 Å². The SMILES string of the molecule is Cc1ncsc1-c1ccc(CNC(=O)C2CC(O)CN2C(=O)[C@@H](NC(=O)C2(F)CC2)C(C)(C)C)c(OCCCCCCC(=O)N2CCC3(CC2)CCN(c2cncc(Nc4ncc(Cl)c(-c5cccc(-c6ccccc6)c5)n4)c2)C3=O)c1. The van der Waals surface area contributed by atoms with Gasteiger partial charge in [-0.25, -0.2) is 19.3 Å². The van der Waals surface area contributed by atoms with E-state index in [-0.39, 0.29) is 44.2 Å². The van der Waals surface area contributed by atoms with Crippen molar-refractivity contribution in [3.8, 4) is 38.6 Å². The number of β-amino-alcohol motifs (C(OH)–C–C–N with tert-alkyl or cyclic N) is 1. The van der Waals surface area contributed by atoms with Crippen molar-refractivity contribution in [2.45, 2.75) is 129 Å². The molecule has 6 heterocycles. The van der Waals surface area contributed by atoms with E-state index in [1.54, 1.807) is 49.8 Å². The summed E-state index contributed by atoms with van der Waals surface area (Å²) in [6.07, 6.45) is 9.62. The van der Waals surface area contributed by atoms with Crippen LogP contribution in [0.5, 0.6) is 5.75 Å². The summed E-state index contributed by atoms with van der Waals surface area (Å²) in [5, 5.41) is 19.9. The number of carbonyl (C=O) groups excluding carboxylic acids is 5. The molecule has 3 aliphatic heterocycles. The van der Waals surface area contributed by atoms with Crippen LogP contribution in [0.15, 0.2) is 103 Å². The number of alkyl halides is 1. The third kappa shape index (κ3) is 13.1. The minimum absolute atomic E-state index is 0.0136. The first-order valence-corrected chi connectivity index (χ1v) is 29.6. The number of anilines is 3. The summed E-state index contributed by atoms with van der Waals surface area (Å²) in [5.41, 5.74) is 5.86. The fraction of sp³-hybridized carbons (Fsp3) is 0.435. The fourth-order valence-corrected chi connectivity index (χ4v) is 12.2. The summed E-state index contributed by atoms with van der Waals surface area (Å²) < 4.78 is 21.1. The molecule has 10 rings (SSSR count). The molecule has 3 saturated heterocycles. The Hall–Kier alpha value is -7.35. The van der Waals surface area contributed by atoms with Crippen molar-refractivity contribution in [1.82, 2.24) is 40.4 Å². The van der Waals surface area contributed by atoms with Gasteiger partial charge in [-0.05, 0) is 92.2 Å². The average Bonchev–Trinajstić information content (AvgIpc) is 3.98. The van der Waals surface area contributed by atoms with E-state index < -0.39 is 52.4 Å². The van der Waals surface area contributed by atoms with Gasteiger partial charge in [-0.15, -0.1) is 11.3 Å². The molecule has 5 amide bonds. The number of nitrogens with zero attached hydrogens (tertiary/aromatic N) is 7. The van der Waals surface area contributed by atoms with Gasteiger partial charge in [0.05, 0.1) is 74.9 Å². The third-order valence-electron chi connectivity index (χ3n) is 16.3. The fourth-order valence-electron chi connectivity index (χ4n) is 11.2. The summed E-state index contributed by atoms with van der Waals surface area (Å²) >= 11 is 8.15. The smallest absolute Gasteiger partial charge is 0.258 e. The lowest BCUT2D eigenvalue weighted by molar-refractivity contribution is -0.145. The van der Waals surface area contributed by atoms with Crippen LogP contribution in [0.2, 0.25) is 5.02 Å². The zero-order valence-electron chi connectivity index (χ0n) is 46.8. The Labute approximate surface area is 486 Å². The molecule has 1 aliphatic carbocycles. The van der Waals surface area contributed by atoms with Gasteiger partial charge >= 0.3 is 0 Å². The number of carbonyl (C=O) groups is 5. The van der Waals surface area contributed by atoms with Gasteiger partial charge < -0.3 is 40.5 Å². The van der Waals surface area contributed by atoms with Gasteiger partial charge in [-0.3, -0.25) is 29.0 Å². The zero-order chi connectivity index (χ0) is 57.8. The van der Waals surface area contributed by atoms with E-state index in [4.69, 9.17) is 21.3 Å². The molecule has 3 atom stereocenters. The topological polar surface area (TPSA) is 212 Å². The number of thiazole rings is 1. The molecule has 82 heavy (non-hydrogen) atoms. The number of ether oxygens (including phenoxy) is 1. The first kappa shape index (κ1) is 57.9. The monoisotopic (exact) mass is 1150 g/mol. The molecule has 3 aromatic carbocycles. The van der Waals surface area contributed by atoms with Crippen molar-refractivity contribution in [2.24, 2.45) is 10.8 Å². The van der Waals surface area contributed by atoms with Crippen molar-refractivity contribution >= 4 is 69.8 Å². The number of hydrogen-bond donors (Lipinski definition) is 4. The van der Waals surface area contributed by atoms with E-state index in [9.17, 15) is 33.5 Å². The molecule has 6 aromatic rings. The van der Waals surface area contributed by atoms with Crippen LogP contribution in [0.25, 0.3) is 32.8 Å². The van der Waals surface area contributed by atoms with Crippen molar-refractivity contribution in [3.63, 3.8) is 0 Å². The lowest BCUT2D eigenvalue weighted by Gasteiger charge is -2.38. The number of benzene rings is 3. The molecule has 430 valence electrons. The zero-order valence-corrected chi connectivity index (χ0v) is 48.3. The van der Waals surface area contributed by atoms with Crippen molar-refractivity contribution in [1.29, 1.82) is 0 Å². The second-order valence-corrected chi connectivity index (χ2v) is 24.5. The number of aliphatic hydroxyl groups excluding tert-OH is 1. The van der Waals surface area contributed by atoms with Crippen LogP contribution < -0.4 is 25.6 Å². The predicted octanol–water partition coefficient (Wildman–Crippen LogP) is 10.0. The summed E-state index contributed by atoms with van der Waals surface area (Å²) in [4.78, 5) is 92.4. The number of hydrogen-bond acceptors (Lipinski definition) is 13. The van der Waals surface area contributed by atoms with E-state index in [0.29, 0.717) is 85.7 Å². The Morgan fingerprint density at radius 2 is 1.61 bits per heavy atom. The first-order valence-electron chi connectivity index (χ1n) is 28.3. The van der Waals surface area contributed by atoms with Gasteiger partial charge in [0.1, 0.15) is 17.8 Å². The normalized spacial score (nSPS) is 18.6. The number of halogens is 2. The highest BCUT2D eigenvalue weighted by Crippen LogP contribution is 2.44. The van der Waals surface area contributed by atoms with Gasteiger partial charge in [0.25, 0.3) is 5.91 Å². The number of likely N-dealkylation sites (tertiary alicyclic amines) is 2. The van der Waals surface area contributed by atoms with Crippen LogP contribution in [-0.4, -0.2) is 121 Å². The number of aromatic nitrogens is 4. The molecule has 1 saturated carbocycles. The van der Waals surface area contributed by atoms with E-state index in [2.05, 4.69) is 43.0 Å². The van der Waals surface area contributed by atoms with Crippen molar-refractivity contribution in [2.75, 3.05) is 43.0 Å². The third-order valence-corrected chi connectivity index (χ3v) is 17.5. The minimum Gasteiger partial charge on any atom is -0.493 e. The number of rotatable bonds is 20. The van der Waals surface area contributed by atoms with Crippen LogP contribution in [0.1, 0.15) is 103 Å². The molecule has 4 aliphatic rings. The van der Waals surface area contributed by atoms with E-state index in [1.807, 2.05) is 78.6 Å². The Bertz CT molecular complexity index is 3330. The predicted molar refractivity (Wildman–Crippen MR) is 314 cm³/mol. The highest BCUT2D eigenvalue weighted by atomic mass is 35.5. The highest BCUT2D eigenvalue weighted by molar-refractivity contribution is 7.13. The van der Waals surface area contributed by atoms with Gasteiger partial charge in [0.2, 0.25) is 29.6 Å². The molecular formula is C62H70ClFN10O7S. The maximum absolute atomic E-state index is 14.7. The number of aryl methyl sites for hydroxylation is 1. The maximum Gasteiger partial charge on any atom is 0.258 e. The second-order valence-electron chi connectivity index (χ2n) is 23.2. The standard InChI is InChI=1S/C62H70ClFN10O7S/c1-39-53(82-38-68-39)43-18-19-44(33-66-55(77)49-32-47(75)37-74(49)56(78)54(60(2,3)4)71-57(79)62(64)20-21-62)50(30-43)81-28-11-6-5-10-17-51(76)72-25-22-61(23-26-72)24-27-73(58(61)80)46-31-45(34-65-35-46)69-59-67-36-48(63)52(70-59)42-16-12-15-41(29-42)40-13-8-7-9-14-40/h7-9,12-16,18-19,29-31,34-36,38,47,49,54,75H,5-6,10-11,17,20-28,32-33,37H2,1-4H3,(H,66,77)(H,71,79)(H,67,69,70)/t47?,49?,54-/m1/s1. The lowest BCUT2D eigenvalue weighted by atomic mass is 9.77. The van der Waals surface area contributed by atoms with Gasteiger partial charge in [0, 0.05) is 56.7 Å². The Morgan fingerprint density at radius 1 is 0.866 bits per heavy atom. The van der Waals surface area contributed by atoms with Gasteiger partial charge in [-0.2, -0.15) is 0 Å². The highest BCUT2D eigenvalue weighted by Gasteiger charge is 2.54. The van der Waals surface area contributed by atoms with Crippen LogP contribution >= 0.6 is 22.9 Å². The number of unbranched alkanes of at least 4 members (excludes halogenated alkanes) is 3. The first-order chi connectivity index (χ1) is 39.4. The van der Waals surface area contributed by atoms with Crippen LogP contribution in [0.3, 0.4) is 0 Å². The van der Waals surface area contributed by atoms with Crippen molar-refractivity contribution in [3.05, 3.63) is 119 Å². The van der Waals surface area contributed by atoms with Gasteiger partial charge in [-0.1, -0.05) is 106 Å². The minimum atomic E-state index is -1.98. The number of aliphatic hydroxyl groups is 1. The lowest BCUT2D eigenvalue weighted by Crippen LogP contribution is -2.59. The Balaban J connectivity index is 0.679. The molecule has 1 spiro atoms. The number of pyridine rings is 1. The van der Waals surface area contributed by atoms with Crippen LogP contribution in [0.4, 0.5) is 21.7 Å². The second kappa shape index (κ2) is 24.6. The molecule has 4 fully saturated rings. The van der Waals surface area contributed by atoms with Crippen LogP contribution in [0, 0.1) is 17.8 Å².